The van der Waals surface area contributed by atoms with E-state index in [0.717, 1.165) is 28.7 Å². The predicted octanol–water partition coefficient (Wildman–Crippen LogP) is 6.69. The van der Waals surface area contributed by atoms with Gasteiger partial charge in [0.25, 0.3) is 0 Å². The maximum atomic E-state index is 8.91. The number of hydrogen-bond acceptors (Lipinski definition) is 2. The molecule has 3 aromatic rings. The molecule has 0 unspecified atom stereocenters. The van der Waals surface area contributed by atoms with E-state index in [1.54, 1.807) is 6.92 Å². The van der Waals surface area contributed by atoms with Gasteiger partial charge in [0.2, 0.25) is 0 Å². The Hall–Kier alpha value is -3.88. The lowest BCUT2D eigenvalue weighted by Gasteiger charge is -2.07. The van der Waals surface area contributed by atoms with Crippen LogP contribution < -0.4 is 0 Å². The Balaban J connectivity index is 1.69. The standard InChI is InChI=1S/C27H22N2/c1-20(18-28)3-4-21(2)25-11-5-22(6-12-25)17-23-7-13-26(14-8-23)27-15-9-24(19-29)10-16-27/h3-16H,17H2,1-2H3/b20-3+,21-4+. The lowest BCUT2D eigenvalue weighted by atomic mass is 9.98. The Morgan fingerprint density at radius 2 is 1.24 bits per heavy atom. The predicted molar refractivity (Wildman–Crippen MR) is 119 cm³/mol. The summed E-state index contributed by atoms with van der Waals surface area (Å²) in [4.78, 5) is 0. The summed E-state index contributed by atoms with van der Waals surface area (Å²) in [5.74, 6) is 0. The van der Waals surface area contributed by atoms with Crippen molar-refractivity contribution in [1.82, 2.24) is 0 Å². The minimum Gasteiger partial charge on any atom is -0.193 e. The van der Waals surface area contributed by atoms with Gasteiger partial charge in [-0.2, -0.15) is 10.5 Å². The number of rotatable bonds is 5. The smallest absolute Gasteiger partial charge is 0.0991 e. The molecule has 3 rings (SSSR count). The van der Waals surface area contributed by atoms with Crippen LogP contribution in [-0.2, 0) is 6.42 Å². The van der Waals surface area contributed by atoms with Crippen molar-refractivity contribution in [3.63, 3.8) is 0 Å². The maximum Gasteiger partial charge on any atom is 0.0991 e. The second kappa shape index (κ2) is 9.36. The van der Waals surface area contributed by atoms with Gasteiger partial charge in [-0.1, -0.05) is 66.7 Å². The van der Waals surface area contributed by atoms with Gasteiger partial charge in [0.15, 0.2) is 0 Å². The number of hydrogen-bond donors (Lipinski definition) is 0. The van der Waals surface area contributed by atoms with Crippen LogP contribution in [-0.4, -0.2) is 0 Å². The van der Waals surface area contributed by atoms with Crippen LogP contribution in [0, 0.1) is 22.7 Å². The second-order valence-electron chi connectivity index (χ2n) is 7.07. The van der Waals surface area contributed by atoms with Gasteiger partial charge >= 0.3 is 0 Å². The highest BCUT2D eigenvalue weighted by atomic mass is 14.2. The van der Waals surface area contributed by atoms with Gasteiger partial charge in [0.1, 0.15) is 0 Å². The zero-order valence-corrected chi connectivity index (χ0v) is 16.7. The molecule has 0 aromatic heterocycles. The van der Waals surface area contributed by atoms with Crippen LogP contribution >= 0.6 is 0 Å². The van der Waals surface area contributed by atoms with Crippen molar-refractivity contribution in [2.45, 2.75) is 20.3 Å². The van der Waals surface area contributed by atoms with Gasteiger partial charge in [-0.15, -0.1) is 0 Å². The van der Waals surface area contributed by atoms with E-state index in [2.05, 4.69) is 67.6 Å². The number of benzene rings is 3. The van der Waals surface area contributed by atoms with Gasteiger partial charge in [0, 0.05) is 5.57 Å². The monoisotopic (exact) mass is 374 g/mol. The molecule has 0 aliphatic rings. The zero-order chi connectivity index (χ0) is 20.6. The van der Waals surface area contributed by atoms with Crippen molar-refractivity contribution in [2.75, 3.05) is 0 Å². The zero-order valence-electron chi connectivity index (χ0n) is 16.7. The average molecular weight is 374 g/mol. The van der Waals surface area contributed by atoms with Gasteiger partial charge in [-0.3, -0.25) is 0 Å². The maximum absolute atomic E-state index is 8.91. The summed E-state index contributed by atoms with van der Waals surface area (Å²) in [5, 5.41) is 17.8. The van der Waals surface area contributed by atoms with Crippen molar-refractivity contribution in [3.8, 4) is 23.3 Å². The van der Waals surface area contributed by atoms with E-state index in [9.17, 15) is 0 Å². The summed E-state index contributed by atoms with van der Waals surface area (Å²) in [6.45, 7) is 3.86. The SMILES string of the molecule is C/C(C#N)=C\C=C(/C)c1ccc(Cc2ccc(-c3ccc(C#N)cc3)cc2)cc1. The highest BCUT2D eigenvalue weighted by Gasteiger charge is 2.02. The molecule has 0 aliphatic heterocycles. The molecule has 0 spiro atoms. The number of nitrogens with zero attached hydrogens (tertiary/aromatic N) is 2. The fourth-order valence-corrected chi connectivity index (χ4v) is 3.06. The topological polar surface area (TPSA) is 47.6 Å². The molecular weight excluding hydrogens is 352 g/mol. The van der Waals surface area contributed by atoms with Crippen molar-refractivity contribution < 1.29 is 0 Å². The van der Waals surface area contributed by atoms with E-state index < -0.39 is 0 Å². The van der Waals surface area contributed by atoms with Crippen molar-refractivity contribution in [3.05, 3.63) is 113 Å². The molecule has 29 heavy (non-hydrogen) atoms. The largest absolute Gasteiger partial charge is 0.193 e. The molecule has 0 saturated carbocycles. The van der Waals surface area contributed by atoms with Crippen LogP contribution in [0.5, 0.6) is 0 Å². The van der Waals surface area contributed by atoms with Crippen LogP contribution in [0.25, 0.3) is 16.7 Å². The normalized spacial score (nSPS) is 11.6. The first kappa shape index (κ1) is 19.9. The number of nitriles is 2. The molecule has 0 amide bonds. The first-order valence-corrected chi connectivity index (χ1v) is 9.53. The third-order valence-electron chi connectivity index (χ3n) is 4.88. The van der Waals surface area contributed by atoms with E-state index in [4.69, 9.17) is 10.5 Å². The summed E-state index contributed by atoms with van der Waals surface area (Å²) >= 11 is 0. The van der Waals surface area contributed by atoms with E-state index in [-0.39, 0.29) is 0 Å². The fourth-order valence-electron chi connectivity index (χ4n) is 3.06. The van der Waals surface area contributed by atoms with Gasteiger partial charge < -0.3 is 0 Å². The molecule has 0 heterocycles. The third-order valence-corrected chi connectivity index (χ3v) is 4.88. The van der Waals surface area contributed by atoms with Crippen LogP contribution in [0.1, 0.15) is 36.1 Å². The number of allylic oxidation sites excluding steroid dienone is 4. The molecule has 2 nitrogen and oxygen atoms in total. The van der Waals surface area contributed by atoms with Crippen LogP contribution in [0.4, 0.5) is 0 Å². The van der Waals surface area contributed by atoms with Crippen molar-refractivity contribution >= 4 is 5.57 Å². The minimum absolute atomic E-state index is 0.676. The lowest BCUT2D eigenvalue weighted by Crippen LogP contribution is -1.89. The van der Waals surface area contributed by atoms with Gasteiger partial charge in [-0.05, 0) is 71.9 Å². The molecule has 2 heteroatoms. The first-order valence-electron chi connectivity index (χ1n) is 9.53. The van der Waals surface area contributed by atoms with Crippen LogP contribution in [0.3, 0.4) is 0 Å². The fraction of sp³-hybridized carbons (Fsp3) is 0.111. The Morgan fingerprint density at radius 3 is 1.76 bits per heavy atom. The van der Waals surface area contributed by atoms with E-state index in [0.29, 0.717) is 11.1 Å². The van der Waals surface area contributed by atoms with Gasteiger partial charge in [0.05, 0.1) is 17.7 Å². The Kier molecular flexibility index (Phi) is 6.41. The summed E-state index contributed by atoms with van der Waals surface area (Å²) in [6, 6.07) is 29.1. The minimum atomic E-state index is 0.676. The molecule has 140 valence electrons. The van der Waals surface area contributed by atoms with Crippen LogP contribution in [0.15, 0.2) is 90.5 Å². The molecular formula is C27H22N2. The molecule has 0 radical (unpaired) electrons. The van der Waals surface area contributed by atoms with Crippen molar-refractivity contribution in [2.24, 2.45) is 0 Å². The highest BCUT2D eigenvalue weighted by Crippen LogP contribution is 2.22. The second-order valence-corrected chi connectivity index (χ2v) is 7.07. The average Bonchev–Trinajstić information content (AvgIpc) is 2.78. The molecule has 0 aliphatic carbocycles. The molecule has 0 fully saturated rings. The summed E-state index contributed by atoms with van der Waals surface area (Å²) in [5.41, 5.74) is 8.45. The lowest BCUT2D eigenvalue weighted by molar-refractivity contribution is 1.19. The van der Waals surface area contributed by atoms with Gasteiger partial charge in [-0.25, -0.2) is 0 Å². The Labute approximate surface area is 172 Å². The van der Waals surface area contributed by atoms with E-state index in [1.807, 2.05) is 36.4 Å². The molecule has 0 bridgehead atoms. The third kappa shape index (κ3) is 5.32. The summed E-state index contributed by atoms with van der Waals surface area (Å²) in [7, 11) is 0. The molecule has 3 aromatic carbocycles. The Bertz CT molecular complexity index is 1120. The van der Waals surface area contributed by atoms with E-state index in [1.165, 1.54) is 11.1 Å². The van der Waals surface area contributed by atoms with E-state index >= 15 is 0 Å². The molecule has 0 atom stereocenters. The van der Waals surface area contributed by atoms with Crippen molar-refractivity contribution in [1.29, 1.82) is 10.5 Å². The summed E-state index contributed by atoms with van der Waals surface area (Å²) in [6.07, 6.45) is 4.71. The first-order chi connectivity index (χ1) is 14.1. The molecule has 0 N–H and O–H groups in total. The van der Waals surface area contributed by atoms with Crippen LogP contribution in [0.2, 0.25) is 0 Å². The quantitative estimate of drug-likeness (QED) is 0.369. The summed E-state index contributed by atoms with van der Waals surface area (Å²) < 4.78 is 0. The highest BCUT2D eigenvalue weighted by molar-refractivity contribution is 5.66. The molecule has 0 saturated heterocycles. The Morgan fingerprint density at radius 1 is 0.724 bits per heavy atom.